The van der Waals surface area contributed by atoms with Gasteiger partial charge in [-0.05, 0) is 75.2 Å². The van der Waals surface area contributed by atoms with Gasteiger partial charge < -0.3 is 9.15 Å². The highest BCUT2D eigenvalue weighted by molar-refractivity contribution is 5.84. The Balaban J connectivity index is 1.65. The molecule has 0 amide bonds. The average molecular weight is 355 g/mol. The predicted molar refractivity (Wildman–Crippen MR) is 104 cm³/mol. The second-order valence-corrected chi connectivity index (χ2v) is 7.66. The van der Waals surface area contributed by atoms with Crippen LogP contribution in [0.5, 0.6) is 5.75 Å². The first kappa shape index (κ1) is 17.6. The molecule has 1 aliphatic heterocycles. The molecule has 2 aromatic rings. The summed E-state index contributed by atoms with van der Waals surface area (Å²) in [6, 6.07) is 4.18. The lowest BCUT2D eigenvalue weighted by atomic mass is 9.90. The van der Waals surface area contributed by atoms with Crippen molar-refractivity contribution in [1.82, 2.24) is 4.90 Å². The number of nitrogens with zero attached hydrogens (tertiary/aromatic N) is 1. The van der Waals surface area contributed by atoms with E-state index in [1.807, 2.05) is 6.07 Å². The summed E-state index contributed by atoms with van der Waals surface area (Å²) in [5, 5.41) is 1.12. The molecule has 1 aromatic heterocycles. The Kier molecular flexibility index (Phi) is 5.30. The number of rotatable bonds is 6. The van der Waals surface area contributed by atoms with Crippen LogP contribution >= 0.6 is 0 Å². The molecule has 0 atom stereocenters. The lowest BCUT2D eigenvalue weighted by Gasteiger charge is -2.19. The van der Waals surface area contributed by atoms with Crippen molar-refractivity contribution in [3.63, 3.8) is 0 Å². The third-order valence-electron chi connectivity index (χ3n) is 5.79. The van der Waals surface area contributed by atoms with Crippen LogP contribution in [0.25, 0.3) is 11.0 Å². The molecule has 4 rings (SSSR count). The first-order valence-electron chi connectivity index (χ1n) is 10.2. The monoisotopic (exact) mass is 355 g/mol. The van der Waals surface area contributed by atoms with E-state index in [9.17, 15) is 4.79 Å². The Morgan fingerprint density at radius 1 is 1.08 bits per heavy atom. The van der Waals surface area contributed by atoms with Crippen molar-refractivity contribution in [2.45, 2.75) is 58.3 Å². The summed E-state index contributed by atoms with van der Waals surface area (Å²) < 4.78 is 11.8. The van der Waals surface area contributed by atoms with Crippen LogP contribution in [0.3, 0.4) is 0 Å². The van der Waals surface area contributed by atoms with Crippen LogP contribution in [-0.2, 0) is 19.3 Å². The van der Waals surface area contributed by atoms with Gasteiger partial charge in [0.15, 0.2) is 0 Å². The van der Waals surface area contributed by atoms with Crippen LogP contribution in [-0.4, -0.2) is 31.1 Å². The highest BCUT2D eigenvalue weighted by Crippen LogP contribution is 2.32. The number of benzene rings is 1. The summed E-state index contributed by atoms with van der Waals surface area (Å²) in [7, 11) is 0. The lowest BCUT2D eigenvalue weighted by molar-refractivity contribution is 0.236. The van der Waals surface area contributed by atoms with Crippen molar-refractivity contribution < 1.29 is 9.15 Å². The Labute approximate surface area is 155 Å². The second-order valence-electron chi connectivity index (χ2n) is 7.66. The minimum absolute atomic E-state index is 0.154. The lowest BCUT2D eigenvalue weighted by Crippen LogP contribution is -2.25. The number of likely N-dealkylation sites (tertiary alicyclic amines) is 1. The summed E-state index contributed by atoms with van der Waals surface area (Å²) in [5.41, 5.74) is 3.88. The molecule has 0 unspecified atom stereocenters. The summed E-state index contributed by atoms with van der Waals surface area (Å²) >= 11 is 0. The van der Waals surface area contributed by atoms with Crippen LogP contribution in [0.2, 0.25) is 0 Å². The molecule has 2 aliphatic rings. The molecule has 140 valence electrons. The zero-order valence-corrected chi connectivity index (χ0v) is 15.8. The van der Waals surface area contributed by atoms with Crippen molar-refractivity contribution in [2.75, 3.05) is 26.2 Å². The standard InChI is InChI=1S/C22H29NO3/c1-2-7-16-14-19-17-8-3-4-9-18(17)22(24)26-21(19)15-20(16)25-13-12-23-10-5-6-11-23/h14-15H,2-13H2,1H3. The topological polar surface area (TPSA) is 42.7 Å². The van der Waals surface area contributed by atoms with Gasteiger partial charge in [0.25, 0.3) is 0 Å². The summed E-state index contributed by atoms with van der Waals surface area (Å²) in [4.78, 5) is 14.8. The van der Waals surface area contributed by atoms with E-state index in [-0.39, 0.29) is 5.63 Å². The summed E-state index contributed by atoms with van der Waals surface area (Å²) in [5.74, 6) is 0.887. The average Bonchev–Trinajstić information content (AvgIpc) is 3.17. The van der Waals surface area contributed by atoms with Crippen molar-refractivity contribution in [1.29, 1.82) is 0 Å². The molecule has 1 saturated heterocycles. The molecule has 4 heteroatoms. The summed E-state index contributed by atoms with van der Waals surface area (Å²) in [6.45, 7) is 6.22. The minimum Gasteiger partial charge on any atom is -0.492 e. The molecule has 1 fully saturated rings. The van der Waals surface area contributed by atoms with E-state index in [1.165, 1.54) is 37.1 Å². The zero-order chi connectivity index (χ0) is 17.9. The number of ether oxygens (including phenoxy) is 1. The van der Waals surface area contributed by atoms with Crippen LogP contribution < -0.4 is 10.4 Å². The van der Waals surface area contributed by atoms with E-state index in [0.717, 1.165) is 61.8 Å². The van der Waals surface area contributed by atoms with Gasteiger partial charge in [-0.15, -0.1) is 0 Å². The second kappa shape index (κ2) is 7.83. The molecular formula is C22H29NO3. The van der Waals surface area contributed by atoms with Crippen LogP contribution in [0.15, 0.2) is 21.3 Å². The Morgan fingerprint density at radius 2 is 1.85 bits per heavy atom. The van der Waals surface area contributed by atoms with Gasteiger partial charge in [0.05, 0.1) is 0 Å². The molecule has 0 radical (unpaired) electrons. The van der Waals surface area contributed by atoms with Crippen molar-refractivity contribution in [2.24, 2.45) is 0 Å². The molecule has 26 heavy (non-hydrogen) atoms. The van der Waals surface area contributed by atoms with E-state index in [2.05, 4.69) is 17.9 Å². The maximum Gasteiger partial charge on any atom is 0.339 e. The molecule has 2 heterocycles. The van der Waals surface area contributed by atoms with Gasteiger partial charge in [-0.2, -0.15) is 0 Å². The van der Waals surface area contributed by atoms with E-state index in [0.29, 0.717) is 12.2 Å². The largest absolute Gasteiger partial charge is 0.492 e. The van der Waals surface area contributed by atoms with E-state index < -0.39 is 0 Å². The zero-order valence-electron chi connectivity index (χ0n) is 15.8. The number of hydrogen-bond donors (Lipinski definition) is 0. The Bertz CT molecular complexity index is 833. The third-order valence-corrected chi connectivity index (χ3v) is 5.79. The Morgan fingerprint density at radius 3 is 2.62 bits per heavy atom. The smallest absolute Gasteiger partial charge is 0.339 e. The maximum absolute atomic E-state index is 12.4. The first-order chi connectivity index (χ1) is 12.8. The molecule has 1 aromatic carbocycles. The fourth-order valence-corrected chi connectivity index (χ4v) is 4.41. The molecule has 1 aliphatic carbocycles. The van der Waals surface area contributed by atoms with Gasteiger partial charge in [-0.1, -0.05) is 13.3 Å². The Hall–Kier alpha value is -1.81. The van der Waals surface area contributed by atoms with Crippen molar-refractivity contribution >= 4 is 11.0 Å². The van der Waals surface area contributed by atoms with Gasteiger partial charge in [0.2, 0.25) is 0 Å². The predicted octanol–water partition coefficient (Wildman–Crippen LogP) is 4.10. The van der Waals surface area contributed by atoms with Gasteiger partial charge >= 0.3 is 5.63 Å². The van der Waals surface area contributed by atoms with E-state index >= 15 is 0 Å². The fraction of sp³-hybridized carbons (Fsp3) is 0.591. The van der Waals surface area contributed by atoms with Crippen molar-refractivity contribution in [3.05, 3.63) is 39.2 Å². The maximum atomic E-state index is 12.4. The molecule has 0 N–H and O–H groups in total. The van der Waals surface area contributed by atoms with Gasteiger partial charge in [0.1, 0.15) is 17.9 Å². The van der Waals surface area contributed by atoms with Gasteiger partial charge in [0, 0.05) is 23.6 Å². The van der Waals surface area contributed by atoms with Crippen LogP contribution in [0.1, 0.15) is 55.7 Å². The molecule has 4 nitrogen and oxygen atoms in total. The number of hydrogen-bond acceptors (Lipinski definition) is 4. The molecular weight excluding hydrogens is 326 g/mol. The highest BCUT2D eigenvalue weighted by Gasteiger charge is 2.20. The first-order valence-corrected chi connectivity index (χ1v) is 10.2. The fourth-order valence-electron chi connectivity index (χ4n) is 4.41. The van der Waals surface area contributed by atoms with Crippen LogP contribution in [0.4, 0.5) is 0 Å². The molecule has 0 saturated carbocycles. The van der Waals surface area contributed by atoms with Gasteiger partial charge in [-0.25, -0.2) is 4.79 Å². The minimum atomic E-state index is -0.154. The quantitative estimate of drug-likeness (QED) is 0.732. The van der Waals surface area contributed by atoms with Crippen LogP contribution in [0, 0.1) is 0 Å². The molecule has 0 bridgehead atoms. The van der Waals surface area contributed by atoms with E-state index in [1.54, 1.807) is 0 Å². The molecule has 0 spiro atoms. The van der Waals surface area contributed by atoms with E-state index in [4.69, 9.17) is 9.15 Å². The van der Waals surface area contributed by atoms with Gasteiger partial charge in [-0.3, -0.25) is 4.90 Å². The normalized spacial score (nSPS) is 17.6. The summed E-state index contributed by atoms with van der Waals surface area (Å²) in [6.07, 6.45) is 8.74. The third kappa shape index (κ3) is 3.52. The number of aryl methyl sites for hydroxylation is 2. The number of fused-ring (bicyclic) bond motifs is 3. The SMILES string of the molecule is CCCc1cc2c3c(c(=O)oc2cc1OCCN1CCCC1)CCCC3. The highest BCUT2D eigenvalue weighted by atomic mass is 16.5. The van der Waals surface area contributed by atoms with Crippen molar-refractivity contribution in [3.8, 4) is 5.75 Å².